The molecule has 0 saturated carbocycles. The van der Waals surface area contributed by atoms with Gasteiger partial charge >= 0.3 is 0 Å². The van der Waals surface area contributed by atoms with Crippen molar-refractivity contribution >= 4 is 22.9 Å². The highest BCUT2D eigenvalue weighted by molar-refractivity contribution is 6.10. The predicted octanol–water partition coefficient (Wildman–Crippen LogP) is 5.25. The van der Waals surface area contributed by atoms with Crippen LogP contribution in [0.15, 0.2) is 72.9 Å². The first kappa shape index (κ1) is 20.3. The molecule has 0 spiro atoms. The van der Waals surface area contributed by atoms with Crippen LogP contribution in [0, 0.1) is 0 Å². The molecule has 2 heterocycles. The number of fused-ring (bicyclic) bond motifs is 1. The molecule has 0 bridgehead atoms. The predicted molar refractivity (Wildman–Crippen MR) is 119 cm³/mol. The molecule has 2 aromatic carbocycles. The van der Waals surface area contributed by atoms with Gasteiger partial charge in [0.05, 0.1) is 18.3 Å². The highest BCUT2D eigenvalue weighted by Crippen LogP contribution is 2.31. The number of carbonyl (C=O) groups excluding carboxylic acids is 3. The van der Waals surface area contributed by atoms with E-state index in [-0.39, 0.29) is 17.3 Å². The fourth-order valence-corrected chi connectivity index (χ4v) is 3.60. The van der Waals surface area contributed by atoms with E-state index in [4.69, 9.17) is 4.74 Å². The lowest BCUT2D eigenvalue weighted by molar-refractivity contribution is 0.100. The van der Waals surface area contributed by atoms with E-state index in [1.165, 1.54) is 13.8 Å². The van der Waals surface area contributed by atoms with Crippen molar-refractivity contribution in [3.05, 3.63) is 95.3 Å². The number of pyridine rings is 1. The van der Waals surface area contributed by atoms with Crippen molar-refractivity contribution in [3.8, 4) is 16.9 Å². The SMILES string of the molecule is COc1ccc(C(=O)c2cc(-c3ccc(C(C)=O)cc3)c3cc(C(C)=O)ccn23)cc1. The topological polar surface area (TPSA) is 64.9 Å². The van der Waals surface area contributed by atoms with Gasteiger partial charge in [0.1, 0.15) is 5.75 Å². The summed E-state index contributed by atoms with van der Waals surface area (Å²) in [7, 11) is 1.58. The molecule has 0 aliphatic rings. The lowest BCUT2D eigenvalue weighted by atomic mass is 10.0. The number of aromatic nitrogens is 1. The van der Waals surface area contributed by atoms with E-state index in [0.717, 1.165) is 16.6 Å². The first-order chi connectivity index (χ1) is 14.9. The summed E-state index contributed by atoms with van der Waals surface area (Å²) in [6.07, 6.45) is 1.75. The molecule has 154 valence electrons. The third-order valence-corrected chi connectivity index (χ3v) is 5.37. The zero-order chi connectivity index (χ0) is 22.1. The van der Waals surface area contributed by atoms with Gasteiger partial charge in [-0.2, -0.15) is 0 Å². The van der Waals surface area contributed by atoms with Gasteiger partial charge in [0, 0.05) is 28.5 Å². The van der Waals surface area contributed by atoms with Crippen LogP contribution in [0.4, 0.5) is 0 Å². The summed E-state index contributed by atoms with van der Waals surface area (Å²) < 4.78 is 6.98. The van der Waals surface area contributed by atoms with Crippen molar-refractivity contribution in [2.75, 3.05) is 7.11 Å². The molecule has 0 aliphatic heterocycles. The Morgan fingerprint density at radius 3 is 1.94 bits per heavy atom. The van der Waals surface area contributed by atoms with Gasteiger partial charge in [0.2, 0.25) is 5.78 Å². The summed E-state index contributed by atoms with van der Waals surface area (Å²) in [5.74, 6) is 0.473. The monoisotopic (exact) mass is 411 g/mol. The van der Waals surface area contributed by atoms with E-state index in [9.17, 15) is 14.4 Å². The van der Waals surface area contributed by atoms with Crippen LogP contribution in [-0.2, 0) is 0 Å². The van der Waals surface area contributed by atoms with Crippen LogP contribution in [0.25, 0.3) is 16.6 Å². The smallest absolute Gasteiger partial charge is 0.209 e. The van der Waals surface area contributed by atoms with Gasteiger partial charge < -0.3 is 9.14 Å². The fraction of sp³-hybridized carbons (Fsp3) is 0.115. The molecule has 5 heteroatoms. The van der Waals surface area contributed by atoms with Crippen LogP contribution in [-0.4, -0.2) is 28.9 Å². The molecule has 0 amide bonds. The molecule has 2 aromatic heterocycles. The van der Waals surface area contributed by atoms with E-state index in [1.54, 1.807) is 66.2 Å². The summed E-state index contributed by atoms with van der Waals surface area (Å²) in [6, 6.07) is 19.5. The van der Waals surface area contributed by atoms with Crippen LogP contribution in [0.5, 0.6) is 5.75 Å². The van der Waals surface area contributed by atoms with Crippen molar-refractivity contribution in [1.82, 2.24) is 4.40 Å². The van der Waals surface area contributed by atoms with E-state index in [1.807, 2.05) is 18.2 Å². The number of rotatable bonds is 6. The number of Topliss-reactive ketones (excluding diaryl/α,β-unsaturated/α-hetero) is 2. The maximum atomic E-state index is 13.3. The van der Waals surface area contributed by atoms with E-state index >= 15 is 0 Å². The van der Waals surface area contributed by atoms with Crippen LogP contribution < -0.4 is 4.74 Å². The Kier molecular flexibility index (Phi) is 5.26. The Morgan fingerprint density at radius 2 is 1.35 bits per heavy atom. The normalized spacial score (nSPS) is 10.8. The molecular weight excluding hydrogens is 390 g/mol. The molecule has 0 atom stereocenters. The maximum Gasteiger partial charge on any atom is 0.209 e. The minimum absolute atomic E-state index is 0.0115. The van der Waals surface area contributed by atoms with Crippen molar-refractivity contribution in [2.24, 2.45) is 0 Å². The van der Waals surface area contributed by atoms with Gasteiger partial charge in [-0.3, -0.25) is 14.4 Å². The summed E-state index contributed by atoms with van der Waals surface area (Å²) in [5, 5.41) is 0. The van der Waals surface area contributed by atoms with Gasteiger partial charge in [-0.15, -0.1) is 0 Å². The summed E-state index contributed by atoms with van der Waals surface area (Å²) in [6.45, 7) is 3.03. The summed E-state index contributed by atoms with van der Waals surface area (Å²) in [5.41, 5.74) is 4.63. The first-order valence-electron chi connectivity index (χ1n) is 9.85. The van der Waals surface area contributed by atoms with Crippen LogP contribution in [0.2, 0.25) is 0 Å². The molecular formula is C26H21NO4. The van der Waals surface area contributed by atoms with Crippen molar-refractivity contribution in [2.45, 2.75) is 13.8 Å². The van der Waals surface area contributed by atoms with Gasteiger partial charge in [-0.25, -0.2) is 0 Å². The molecule has 31 heavy (non-hydrogen) atoms. The Bertz CT molecular complexity index is 1310. The number of methoxy groups -OCH3 is 1. The highest BCUT2D eigenvalue weighted by Gasteiger charge is 2.19. The Balaban J connectivity index is 1.88. The molecule has 0 saturated heterocycles. The summed E-state index contributed by atoms with van der Waals surface area (Å²) >= 11 is 0. The number of hydrogen-bond donors (Lipinski definition) is 0. The van der Waals surface area contributed by atoms with Gasteiger partial charge in [0.15, 0.2) is 11.6 Å². The highest BCUT2D eigenvalue weighted by atomic mass is 16.5. The number of hydrogen-bond acceptors (Lipinski definition) is 4. The maximum absolute atomic E-state index is 13.3. The van der Waals surface area contributed by atoms with Gasteiger partial charge in [0.25, 0.3) is 0 Å². The number of ketones is 3. The molecule has 4 rings (SSSR count). The average molecular weight is 411 g/mol. The molecule has 0 unspecified atom stereocenters. The lowest BCUT2D eigenvalue weighted by Crippen LogP contribution is -2.05. The Labute approximate surface area is 179 Å². The number of benzene rings is 2. The second-order valence-electron chi connectivity index (χ2n) is 7.36. The zero-order valence-electron chi connectivity index (χ0n) is 17.5. The summed E-state index contributed by atoms with van der Waals surface area (Å²) in [4.78, 5) is 36.9. The lowest BCUT2D eigenvalue weighted by Gasteiger charge is -2.06. The fourth-order valence-electron chi connectivity index (χ4n) is 3.60. The average Bonchev–Trinajstić information content (AvgIpc) is 3.17. The second kappa shape index (κ2) is 8.03. The van der Waals surface area contributed by atoms with E-state index in [0.29, 0.717) is 28.1 Å². The van der Waals surface area contributed by atoms with Crippen molar-refractivity contribution in [1.29, 1.82) is 0 Å². The van der Waals surface area contributed by atoms with Crippen molar-refractivity contribution < 1.29 is 19.1 Å². The minimum atomic E-state index is -0.139. The number of nitrogens with zero attached hydrogens (tertiary/aromatic N) is 1. The molecule has 5 nitrogen and oxygen atoms in total. The van der Waals surface area contributed by atoms with Crippen molar-refractivity contribution in [3.63, 3.8) is 0 Å². The largest absolute Gasteiger partial charge is 0.497 e. The molecule has 0 N–H and O–H groups in total. The third-order valence-electron chi connectivity index (χ3n) is 5.37. The number of ether oxygens (including phenoxy) is 1. The van der Waals surface area contributed by atoms with Gasteiger partial charge in [-0.1, -0.05) is 24.3 Å². The van der Waals surface area contributed by atoms with E-state index in [2.05, 4.69) is 0 Å². The van der Waals surface area contributed by atoms with Crippen LogP contribution in [0.3, 0.4) is 0 Å². The first-order valence-corrected chi connectivity index (χ1v) is 9.85. The Hall–Kier alpha value is -3.99. The zero-order valence-corrected chi connectivity index (χ0v) is 17.5. The third kappa shape index (κ3) is 3.78. The van der Waals surface area contributed by atoms with Crippen LogP contribution >= 0.6 is 0 Å². The molecule has 0 aliphatic carbocycles. The van der Waals surface area contributed by atoms with Crippen LogP contribution in [0.1, 0.15) is 50.6 Å². The molecule has 0 radical (unpaired) electrons. The van der Waals surface area contributed by atoms with Gasteiger partial charge in [-0.05, 0) is 61.9 Å². The quantitative estimate of drug-likeness (QED) is 0.407. The minimum Gasteiger partial charge on any atom is -0.497 e. The molecule has 0 fully saturated rings. The number of carbonyl (C=O) groups is 3. The molecule has 4 aromatic rings. The standard InChI is InChI=1S/C26H21NO4/c1-16(28)18-4-6-19(7-5-18)23-15-25(26(30)20-8-10-22(31-3)11-9-20)27-13-12-21(17(2)29)14-24(23)27/h4-15H,1-3H3. The van der Waals surface area contributed by atoms with E-state index < -0.39 is 0 Å². The second-order valence-corrected chi connectivity index (χ2v) is 7.36. The Morgan fingerprint density at radius 1 is 0.742 bits per heavy atom.